The van der Waals surface area contributed by atoms with Crippen molar-refractivity contribution in [3.63, 3.8) is 0 Å². The Morgan fingerprint density at radius 2 is 2.00 bits per heavy atom. The van der Waals surface area contributed by atoms with Gasteiger partial charge in [-0.25, -0.2) is 0 Å². The van der Waals surface area contributed by atoms with Gasteiger partial charge < -0.3 is 4.90 Å². The summed E-state index contributed by atoms with van der Waals surface area (Å²) in [6, 6.07) is 6.56. The third-order valence-corrected chi connectivity index (χ3v) is 3.45. The Balaban J connectivity index is 2.35. The van der Waals surface area contributed by atoms with Crippen LogP contribution in [0.2, 0.25) is 0 Å². The van der Waals surface area contributed by atoms with Gasteiger partial charge in [0.15, 0.2) is 0 Å². The van der Waals surface area contributed by atoms with Crippen molar-refractivity contribution in [1.82, 2.24) is 4.90 Å². The average Bonchev–Trinajstić information content (AvgIpc) is 2.50. The number of aryl methyl sites for hydroxylation is 2. The van der Waals surface area contributed by atoms with Gasteiger partial charge in [0.05, 0.1) is 6.04 Å². The molecule has 1 unspecified atom stereocenters. The van der Waals surface area contributed by atoms with Crippen LogP contribution in [0.1, 0.15) is 29.2 Å². The van der Waals surface area contributed by atoms with Gasteiger partial charge in [-0.2, -0.15) is 0 Å². The lowest BCUT2D eigenvalue weighted by molar-refractivity contribution is -0.124. The molecular formula is C14H17NO. The lowest BCUT2D eigenvalue weighted by Crippen LogP contribution is -2.22. The van der Waals surface area contributed by atoms with Gasteiger partial charge in [0.2, 0.25) is 5.91 Å². The fourth-order valence-corrected chi connectivity index (χ4v) is 2.16. The van der Waals surface area contributed by atoms with Gasteiger partial charge in [-0.15, -0.1) is 0 Å². The van der Waals surface area contributed by atoms with Crippen molar-refractivity contribution >= 4 is 5.91 Å². The second-order valence-corrected chi connectivity index (χ2v) is 4.58. The topological polar surface area (TPSA) is 20.3 Å². The van der Waals surface area contributed by atoms with Crippen LogP contribution in [0, 0.1) is 13.8 Å². The van der Waals surface area contributed by atoms with E-state index in [9.17, 15) is 4.79 Å². The summed E-state index contributed by atoms with van der Waals surface area (Å²) in [7, 11) is 1.85. The van der Waals surface area contributed by atoms with Crippen molar-refractivity contribution in [1.29, 1.82) is 0 Å². The number of rotatable bonds is 1. The molecule has 2 rings (SSSR count). The van der Waals surface area contributed by atoms with Gasteiger partial charge in [0, 0.05) is 19.0 Å². The molecule has 1 aliphatic heterocycles. The number of amides is 1. The Morgan fingerprint density at radius 1 is 1.31 bits per heavy atom. The number of carbonyl (C=O) groups excluding carboxylic acids is 1. The molecule has 2 heteroatoms. The maximum Gasteiger partial charge on any atom is 0.249 e. The highest BCUT2D eigenvalue weighted by Crippen LogP contribution is 2.34. The number of hydrogen-bond acceptors (Lipinski definition) is 1. The quantitative estimate of drug-likeness (QED) is 0.660. The molecule has 0 spiro atoms. The summed E-state index contributed by atoms with van der Waals surface area (Å²) < 4.78 is 0. The third-order valence-electron chi connectivity index (χ3n) is 3.45. The normalized spacial score (nSPS) is 20.7. The maximum atomic E-state index is 11.7. The summed E-state index contributed by atoms with van der Waals surface area (Å²) in [6.07, 6.45) is 0.748. The molecule has 1 fully saturated rings. The number of likely N-dealkylation sites (N-methyl/N-ethyl adjacent to an activating group) is 1. The molecule has 0 bridgehead atoms. The molecule has 0 aliphatic carbocycles. The molecule has 0 radical (unpaired) electrons. The summed E-state index contributed by atoms with van der Waals surface area (Å²) in [5, 5.41) is 0. The molecule has 1 aromatic rings. The van der Waals surface area contributed by atoms with Gasteiger partial charge in [-0.1, -0.05) is 24.8 Å². The van der Waals surface area contributed by atoms with Gasteiger partial charge in [-0.3, -0.25) is 4.79 Å². The van der Waals surface area contributed by atoms with E-state index in [2.05, 4.69) is 38.6 Å². The van der Waals surface area contributed by atoms with Crippen molar-refractivity contribution < 1.29 is 4.79 Å². The van der Waals surface area contributed by atoms with Crippen LogP contribution in [0.4, 0.5) is 0 Å². The van der Waals surface area contributed by atoms with Crippen LogP contribution in [0.25, 0.3) is 0 Å². The summed E-state index contributed by atoms with van der Waals surface area (Å²) >= 11 is 0. The summed E-state index contributed by atoms with van der Waals surface area (Å²) in [5.41, 5.74) is 4.48. The zero-order valence-electron chi connectivity index (χ0n) is 10.1. The maximum absolute atomic E-state index is 11.7. The summed E-state index contributed by atoms with van der Waals surface area (Å²) in [5.74, 6) is 0.0724. The van der Waals surface area contributed by atoms with E-state index in [4.69, 9.17) is 0 Å². The molecule has 1 saturated heterocycles. The number of hydrogen-bond donors (Lipinski definition) is 0. The van der Waals surface area contributed by atoms with Gasteiger partial charge in [0.1, 0.15) is 0 Å². The van der Waals surface area contributed by atoms with E-state index in [-0.39, 0.29) is 11.9 Å². The second kappa shape index (κ2) is 3.78. The van der Waals surface area contributed by atoms with E-state index in [0.717, 1.165) is 6.42 Å². The van der Waals surface area contributed by atoms with Crippen molar-refractivity contribution in [2.24, 2.45) is 0 Å². The Bertz CT molecular complexity index is 462. The van der Waals surface area contributed by atoms with Crippen LogP contribution in [0.5, 0.6) is 0 Å². The fraction of sp³-hybridized carbons (Fsp3) is 0.357. The van der Waals surface area contributed by atoms with Crippen molar-refractivity contribution in [3.05, 3.63) is 47.0 Å². The van der Waals surface area contributed by atoms with Crippen LogP contribution < -0.4 is 0 Å². The molecule has 1 aromatic carbocycles. The SMILES string of the molecule is C=C1CC(c2ccc(C)c(C)c2)N(C)C1=O. The number of likely N-dealkylation sites (tertiary alicyclic amines) is 1. The van der Waals surface area contributed by atoms with E-state index >= 15 is 0 Å². The predicted octanol–water partition coefficient (Wildman–Crippen LogP) is 2.76. The lowest BCUT2D eigenvalue weighted by atomic mass is 9.99. The van der Waals surface area contributed by atoms with Crippen LogP contribution in [0.15, 0.2) is 30.4 Å². The van der Waals surface area contributed by atoms with E-state index in [1.165, 1.54) is 16.7 Å². The number of nitrogens with zero attached hydrogens (tertiary/aromatic N) is 1. The zero-order chi connectivity index (χ0) is 11.9. The number of benzene rings is 1. The highest BCUT2D eigenvalue weighted by molar-refractivity contribution is 5.95. The lowest BCUT2D eigenvalue weighted by Gasteiger charge is -2.20. The van der Waals surface area contributed by atoms with Crippen molar-refractivity contribution in [2.75, 3.05) is 7.05 Å². The standard InChI is InChI=1S/C14H17NO/c1-9-5-6-12(7-10(9)2)13-8-11(3)14(16)15(13)4/h5-7,13H,3,8H2,1-2,4H3. The molecular weight excluding hydrogens is 198 g/mol. The highest BCUT2D eigenvalue weighted by Gasteiger charge is 2.32. The molecule has 84 valence electrons. The van der Waals surface area contributed by atoms with Crippen LogP contribution in [-0.2, 0) is 4.79 Å². The van der Waals surface area contributed by atoms with E-state index < -0.39 is 0 Å². The molecule has 0 aromatic heterocycles. The molecule has 1 aliphatic rings. The minimum Gasteiger partial charge on any atom is -0.335 e. The van der Waals surface area contributed by atoms with Gasteiger partial charge in [0.25, 0.3) is 0 Å². The fourth-order valence-electron chi connectivity index (χ4n) is 2.16. The Labute approximate surface area is 96.6 Å². The first-order valence-electron chi connectivity index (χ1n) is 5.53. The highest BCUT2D eigenvalue weighted by atomic mass is 16.2. The van der Waals surface area contributed by atoms with E-state index in [1.807, 2.05) is 7.05 Å². The summed E-state index contributed by atoms with van der Waals surface area (Å²) in [6.45, 7) is 8.01. The van der Waals surface area contributed by atoms with Crippen LogP contribution in [-0.4, -0.2) is 17.9 Å². The first kappa shape index (κ1) is 10.9. The molecule has 1 atom stereocenters. The Morgan fingerprint density at radius 3 is 2.50 bits per heavy atom. The Hall–Kier alpha value is -1.57. The predicted molar refractivity (Wildman–Crippen MR) is 65.2 cm³/mol. The molecule has 1 heterocycles. The molecule has 0 N–H and O–H groups in total. The number of carbonyl (C=O) groups is 1. The summed E-state index contributed by atoms with van der Waals surface area (Å²) in [4.78, 5) is 13.5. The largest absolute Gasteiger partial charge is 0.335 e. The molecule has 1 amide bonds. The van der Waals surface area contributed by atoms with E-state index in [0.29, 0.717) is 5.57 Å². The monoisotopic (exact) mass is 215 g/mol. The van der Waals surface area contributed by atoms with E-state index in [1.54, 1.807) is 4.90 Å². The van der Waals surface area contributed by atoms with Crippen LogP contribution >= 0.6 is 0 Å². The van der Waals surface area contributed by atoms with Gasteiger partial charge in [-0.05, 0) is 30.5 Å². The second-order valence-electron chi connectivity index (χ2n) is 4.58. The van der Waals surface area contributed by atoms with Crippen molar-refractivity contribution in [2.45, 2.75) is 26.3 Å². The minimum atomic E-state index is 0.0724. The third kappa shape index (κ3) is 1.64. The smallest absolute Gasteiger partial charge is 0.249 e. The molecule has 2 nitrogen and oxygen atoms in total. The van der Waals surface area contributed by atoms with Crippen LogP contribution in [0.3, 0.4) is 0 Å². The molecule has 0 saturated carbocycles. The van der Waals surface area contributed by atoms with Crippen molar-refractivity contribution in [3.8, 4) is 0 Å². The Kier molecular flexibility index (Phi) is 2.58. The molecule has 16 heavy (non-hydrogen) atoms. The zero-order valence-corrected chi connectivity index (χ0v) is 10.1. The van der Waals surface area contributed by atoms with Gasteiger partial charge >= 0.3 is 0 Å². The minimum absolute atomic E-state index is 0.0724. The average molecular weight is 215 g/mol. The first-order chi connectivity index (χ1) is 7.50. The first-order valence-corrected chi connectivity index (χ1v) is 5.53.